The standard InChI is InChI=1S/C30H31N5O3S/c1-5-38-25-16-22(12-14-24(25)36)27-26(28(37)32-23-13-11-18(2)15-19(23)3)20(4)31-29-33-30(34-35(27)29)39-17-21-9-7-6-8-10-21/h6-16,27,36H,5,17H2,1-4H3,(H,32,37)(H,31,33,34)/t27-/m0/s1. The largest absolute Gasteiger partial charge is 0.504 e. The Bertz CT molecular complexity index is 1550. The number of hydrogen-bond acceptors (Lipinski definition) is 7. The number of benzene rings is 3. The van der Waals surface area contributed by atoms with Crippen LogP contribution < -0.4 is 15.4 Å². The summed E-state index contributed by atoms with van der Waals surface area (Å²) >= 11 is 1.53. The quantitative estimate of drug-likeness (QED) is 0.228. The molecule has 4 aromatic rings. The van der Waals surface area contributed by atoms with Crippen LogP contribution in [0, 0.1) is 13.8 Å². The highest BCUT2D eigenvalue weighted by molar-refractivity contribution is 7.98. The third kappa shape index (κ3) is 5.63. The van der Waals surface area contributed by atoms with Crippen LogP contribution in [0.25, 0.3) is 0 Å². The summed E-state index contributed by atoms with van der Waals surface area (Å²) in [6.07, 6.45) is 0. The number of aromatic hydroxyl groups is 1. The first-order valence-electron chi connectivity index (χ1n) is 12.8. The SMILES string of the molecule is CCOc1cc([C@H]2C(C(=O)Nc3ccc(C)cc3C)=C(C)Nc3nc(SCc4ccccc4)nn32)ccc1O. The van der Waals surface area contributed by atoms with Crippen LogP contribution in [0.4, 0.5) is 11.6 Å². The van der Waals surface area contributed by atoms with Crippen LogP contribution >= 0.6 is 11.8 Å². The van der Waals surface area contributed by atoms with Gasteiger partial charge in [-0.2, -0.15) is 4.98 Å². The molecule has 0 aliphatic carbocycles. The van der Waals surface area contributed by atoms with E-state index in [-0.39, 0.29) is 11.7 Å². The molecule has 39 heavy (non-hydrogen) atoms. The molecule has 1 amide bonds. The van der Waals surface area contributed by atoms with Crippen molar-refractivity contribution in [1.82, 2.24) is 14.8 Å². The van der Waals surface area contributed by atoms with Crippen molar-refractivity contribution in [3.05, 3.63) is 100 Å². The molecule has 0 spiro atoms. The molecule has 3 N–H and O–H groups in total. The van der Waals surface area contributed by atoms with Crippen LogP contribution in [-0.4, -0.2) is 32.4 Å². The highest BCUT2D eigenvalue weighted by Gasteiger charge is 2.35. The summed E-state index contributed by atoms with van der Waals surface area (Å²) in [5, 5.41) is 22.1. The first kappa shape index (κ1) is 26.4. The van der Waals surface area contributed by atoms with Crippen LogP contribution in [0.1, 0.15) is 42.1 Å². The second-order valence-electron chi connectivity index (χ2n) is 9.44. The molecule has 1 aliphatic rings. The van der Waals surface area contributed by atoms with E-state index in [2.05, 4.69) is 22.8 Å². The van der Waals surface area contributed by atoms with E-state index in [1.165, 1.54) is 17.3 Å². The normalized spacial score (nSPS) is 14.5. The molecular formula is C30H31N5O3S. The number of ether oxygens (including phenoxy) is 1. The number of rotatable bonds is 8. The monoisotopic (exact) mass is 541 g/mol. The average Bonchev–Trinajstić information content (AvgIpc) is 3.32. The minimum atomic E-state index is -0.592. The van der Waals surface area contributed by atoms with Gasteiger partial charge in [-0.05, 0) is 62.6 Å². The fourth-order valence-corrected chi connectivity index (χ4v) is 5.42. The third-order valence-corrected chi connectivity index (χ3v) is 7.43. The van der Waals surface area contributed by atoms with E-state index < -0.39 is 6.04 Å². The molecule has 1 atom stereocenters. The van der Waals surface area contributed by atoms with Crippen LogP contribution in [-0.2, 0) is 10.5 Å². The fourth-order valence-electron chi connectivity index (χ4n) is 4.63. The van der Waals surface area contributed by atoms with E-state index in [1.54, 1.807) is 22.9 Å². The lowest BCUT2D eigenvalue weighted by molar-refractivity contribution is -0.113. The number of phenols is 1. The van der Waals surface area contributed by atoms with Crippen molar-refractivity contribution in [3.8, 4) is 11.5 Å². The Morgan fingerprint density at radius 2 is 1.90 bits per heavy atom. The van der Waals surface area contributed by atoms with Crippen molar-refractivity contribution in [1.29, 1.82) is 0 Å². The summed E-state index contributed by atoms with van der Waals surface area (Å²) in [5.41, 5.74) is 5.93. The number of nitrogens with zero attached hydrogens (tertiary/aromatic N) is 3. The van der Waals surface area contributed by atoms with Gasteiger partial charge in [-0.1, -0.05) is 65.9 Å². The Kier molecular flexibility index (Phi) is 7.60. The van der Waals surface area contributed by atoms with Crippen molar-refractivity contribution >= 4 is 29.3 Å². The lowest BCUT2D eigenvalue weighted by Gasteiger charge is -2.29. The van der Waals surface area contributed by atoms with E-state index in [0.29, 0.717) is 34.7 Å². The van der Waals surface area contributed by atoms with Crippen LogP contribution in [0.15, 0.2) is 83.2 Å². The zero-order chi connectivity index (χ0) is 27.5. The third-order valence-electron chi connectivity index (χ3n) is 6.52. The molecule has 3 aromatic carbocycles. The zero-order valence-electron chi connectivity index (χ0n) is 22.4. The van der Waals surface area contributed by atoms with Crippen LogP contribution in [0.3, 0.4) is 0 Å². The minimum Gasteiger partial charge on any atom is -0.504 e. The smallest absolute Gasteiger partial charge is 0.255 e. The highest BCUT2D eigenvalue weighted by atomic mass is 32.2. The van der Waals surface area contributed by atoms with Crippen molar-refractivity contribution < 1.29 is 14.6 Å². The van der Waals surface area contributed by atoms with Crippen molar-refractivity contribution in [2.45, 2.75) is 44.6 Å². The number of phenolic OH excluding ortho intramolecular Hbond substituents is 1. The van der Waals surface area contributed by atoms with Gasteiger partial charge >= 0.3 is 0 Å². The van der Waals surface area contributed by atoms with E-state index in [4.69, 9.17) is 14.8 Å². The number of hydrogen-bond donors (Lipinski definition) is 3. The Balaban J connectivity index is 1.54. The summed E-state index contributed by atoms with van der Waals surface area (Å²) in [6.45, 7) is 8.11. The van der Waals surface area contributed by atoms with Crippen molar-refractivity contribution in [3.63, 3.8) is 0 Å². The Hall–Kier alpha value is -4.24. The Labute approximate surface area is 232 Å². The lowest BCUT2D eigenvalue weighted by Crippen LogP contribution is -2.31. The predicted octanol–water partition coefficient (Wildman–Crippen LogP) is 6.22. The second kappa shape index (κ2) is 11.2. The van der Waals surface area contributed by atoms with E-state index >= 15 is 0 Å². The maximum atomic E-state index is 13.8. The molecule has 0 saturated carbocycles. The van der Waals surface area contributed by atoms with Gasteiger partial charge in [0, 0.05) is 17.1 Å². The van der Waals surface area contributed by atoms with Gasteiger partial charge in [0.1, 0.15) is 6.04 Å². The van der Waals surface area contributed by atoms with Gasteiger partial charge in [0.25, 0.3) is 5.91 Å². The van der Waals surface area contributed by atoms with E-state index in [9.17, 15) is 9.90 Å². The van der Waals surface area contributed by atoms with Gasteiger partial charge in [-0.3, -0.25) is 4.79 Å². The number of nitrogens with one attached hydrogen (secondary N) is 2. The Morgan fingerprint density at radius 3 is 2.64 bits per heavy atom. The number of anilines is 2. The minimum absolute atomic E-state index is 0.0365. The first-order chi connectivity index (χ1) is 18.8. The molecule has 0 radical (unpaired) electrons. The second-order valence-corrected chi connectivity index (χ2v) is 10.4. The number of carbonyl (C=O) groups excluding carboxylic acids is 1. The summed E-state index contributed by atoms with van der Waals surface area (Å²) in [5.74, 6) is 1.40. The number of amides is 1. The fraction of sp³-hybridized carbons (Fsp3) is 0.233. The van der Waals surface area contributed by atoms with E-state index in [1.807, 2.05) is 64.1 Å². The molecular weight excluding hydrogens is 510 g/mol. The van der Waals surface area contributed by atoms with Crippen molar-refractivity contribution in [2.24, 2.45) is 0 Å². The molecule has 8 nitrogen and oxygen atoms in total. The number of allylic oxidation sites excluding steroid dienone is 1. The number of fused-ring (bicyclic) bond motifs is 1. The molecule has 0 bridgehead atoms. The molecule has 0 saturated heterocycles. The zero-order valence-corrected chi connectivity index (χ0v) is 23.2. The highest BCUT2D eigenvalue weighted by Crippen LogP contribution is 2.40. The number of aryl methyl sites for hydroxylation is 2. The summed E-state index contributed by atoms with van der Waals surface area (Å²) in [7, 11) is 0. The topological polar surface area (TPSA) is 101 Å². The van der Waals surface area contributed by atoms with Crippen LogP contribution in [0.5, 0.6) is 11.5 Å². The molecule has 1 aromatic heterocycles. The number of carbonyl (C=O) groups is 1. The van der Waals surface area contributed by atoms with Crippen molar-refractivity contribution in [2.75, 3.05) is 17.2 Å². The molecule has 0 unspecified atom stereocenters. The van der Waals surface area contributed by atoms with Gasteiger partial charge < -0.3 is 20.5 Å². The molecule has 0 fully saturated rings. The molecule has 200 valence electrons. The summed E-state index contributed by atoms with van der Waals surface area (Å²) in [4.78, 5) is 18.6. The first-order valence-corrected chi connectivity index (χ1v) is 13.8. The molecule has 2 heterocycles. The van der Waals surface area contributed by atoms with Gasteiger partial charge in [-0.15, -0.1) is 5.10 Å². The molecule has 9 heteroatoms. The van der Waals surface area contributed by atoms with Gasteiger partial charge in [0.2, 0.25) is 11.1 Å². The lowest BCUT2D eigenvalue weighted by atomic mass is 9.94. The predicted molar refractivity (Wildman–Crippen MR) is 154 cm³/mol. The van der Waals surface area contributed by atoms with E-state index in [0.717, 1.165) is 28.1 Å². The van der Waals surface area contributed by atoms with Gasteiger partial charge in [-0.25, -0.2) is 4.68 Å². The van der Waals surface area contributed by atoms with Gasteiger partial charge in [0.05, 0.1) is 12.2 Å². The average molecular weight is 542 g/mol. The maximum absolute atomic E-state index is 13.8. The number of aromatic nitrogens is 3. The van der Waals surface area contributed by atoms with Gasteiger partial charge in [0.15, 0.2) is 11.5 Å². The number of thioether (sulfide) groups is 1. The maximum Gasteiger partial charge on any atom is 0.255 e. The summed E-state index contributed by atoms with van der Waals surface area (Å²) < 4.78 is 7.40. The summed E-state index contributed by atoms with van der Waals surface area (Å²) in [6, 6.07) is 20.6. The Morgan fingerprint density at radius 1 is 1.10 bits per heavy atom. The molecule has 1 aliphatic heterocycles. The van der Waals surface area contributed by atoms with Crippen LogP contribution in [0.2, 0.25) is 0 Å². The molecule has 5 rings (SSSR count).